The topological polar surface area (TPSA) is 38.5 Å². The zero-order chi connectivity index (χ0) is 41.6. The fourth-order valence-electron chi connectivity index (χ4n) is 9.43. The predicted octanol–water partition coefficient (Wildman–Crippen LogP) is 14.3. The van der Waals surface area contributed by atoms with Gasteiger partial charge in [0.1, 0.15) is 5.82 Å². The van der Waals surface area contributed by atoms with Crippen molar-refractivity contribution in [3.63, 3.8) is 0 Å². The zero-order valence-electron chi connectivity index (χ0n) is 35.5. The second-order valence-electron chi connectivity index (χ2n) is 17.2. The van der Waals surface area contributed by atoms with Gasteiger partial charge in [-0.25, -0.2) is 4.98 Å². The average molecular weight is 986 g/mol. The van der Waals surface area contributed by atoms with Gasteiger partial charge in [0, 0.05) is 72.5 Å². The summed E-state index contributed by atoms with van der Waals surface area (Å²) in [5.41, 5.74) is 14.1. The Kier molecular flexibility index (Phi) is 9.61. The minimum Gasteiger partial charge on any atom is -0.507 e. The minimum atomic E-state index is -0.0617. The number of benzene rings is 7. The summed E-state index contributed by atoms with van der Waals surface area (Å²) in [7, 11) is 0. The van der Waals surface area contributed by atoms with E-state index in [1.54, 1.807) is 0 Å². The van der Waals surface area contributed by atoms with Crippen LogP contribution in [0.15, 0.2) is 152 Å². The van der Waals surface area contributed by atoms with Crippen molar-refractivity contribution in [3.05, 3.63) is 193 Å². The summed E-state index contributed by atoms with van der Waals surface area (Å²) in [6.07, 6.45) is 1.92. The van der Waals surface area contributed by atoms with E-state index in [1.807, 2.05) is 18.3 Å². The summed E-state index contributed by atoms with van der Waals surface area (Å²) >= 11 is 0. The van der Waals surface area contributed by atoms with E-state index in [0.717, 1.165) is 72.2 Å². The first-order valence-corrected chi connectivity index (χ1v) is 20.9. The number of fused-ring (bicyclic) bond motifs is 8. The summed E-state index contributed by atoms with van der Waals surface area (Å²) in [6, 6.07) is 58.9. The third kappa shape index (κ3) is 6.31. The van der Waals surface area contributed by atoms with Gasteiger partial charge in [0.25, 0.3) is 0 Å². The van der Waals surface area contributed by atoms with Crippen LogP contribution in [-0.2, 0) is 26.5 Å². The van der Waals surface area contributed by atoms with Gasteiger partial charge >= 0.3 is 0 Å². The first-order chi connectivity index (χ1) is 29.6. The van der Waals surface area contributed by atoms with Gasteiger partial charge in [-0.15, -0.1) is 36.6 Å². The number of aromatic nitrogens is 3. The van der Waals surface area contributed by atoms with E-state index in [4.69, 9.17) is 9.72 Å². The molecule has 7 aromatic carbocycles. The number of ether oxygens (including phenoxy) is 1. The first kappa shape index (κ1) is 39.5. The molecule has 0 aliphatic carbocycles. The van der Waals surface area contributed by atoms with Crippen LogP contribution in [0.1, 0.15) is 43.0 Å². The van der Waals surface area contributed by atoms with E-state index in [9.17, 15) is 0 Å². The molecule has 62 heavy (non-hydrogen) atoms. The largest absolute Gasteiger partial charge is 0.507 e. The number of anilines is 4. The summed E-state index contributed by atoms with van der Waals surface area (Å²) in [4.78, 5) is 9.50. The molecule has 6 nitrogen and oxygen atoms in total. The molecule has 7 heteroatoms. The van der Waals surface area contributed by atoms with E-state index in [-0.39, 0.29) is 26.5 Å². The standard InChI is InChI=1S/C55H44N5O.Pt/c1-35-29-36(2)53(37(3)30-35)58-34-57(46-25-14-15-26-47(46)58)40-19-16-20-41(32-40)61-49-33-48-51(52-43-22-11-12-23-44(43)59(54(49)52)39-17-8-7-9-18-39)42-21-10-13-24-45(42)60(48)50-31-38(27-28-56-50)55(4,5)6;/h7-31,34H,1-6H3;/q-3;. The molecule has 0 unspecified atom stereocenters. The molecule has 308 valence electrons. The predicted molar refractivity (Wildman–Crippen MR) is 251 cm³/mol. The van der Waals surface area contributed by atoms with Crippen molar-refractivity contribution in [2.45, 2.75) is 47.0 Å². The van der Waals surface area contributed by atoms with Crippen molar-refractivity contribution >= 4 is 66.4 Å². The van der Waals surface area contributed by atoms with Crippen LogP contribution in [0, 0.1) is 39.6 Å². The van der Waals surface area contributed by atoms with Crippen LogP contribution in [-0.4, -0.2) is 14.1 Å². The molecule has 1 aliphatic rings. The molecular formula is C55H44N5OPt-3. The van der Waals surface area contributed by atoms with Crippen molar-refractivity contribution in [1.82, 2.24) is 14.1 Å². The molecule has 3 aromatic heterocycles. The molecule has 11 rings (SSSR count). The molecule has 0 fully saturated rings. The second-order valence-corrected chi connectivity index (χ2v) is 17.2. The Hall–Kier alpha value is -6.62. The van der Waals surface area contributed by atoms with Crippen LogP contribution in [0.3, 0.4) is 0 Å². The van der Waals surface area contributed by atoms with Crippen LogP contribution >= 0.6 is 0 Å². The van der Waals surface area contributed by atoms with Gasteiger partial charge in [0.2, 0.25) is 0 Å². The van der Waals surface area contributed by atoms with Crippen molar-refractivity contribution < 1.29 is 25.8 Å². The fourth-order valence-corrected chi connectivity index (χ4v) is 9.43. The number of para-hydroxylation sites is 5. The van der Waals surface area contributed by atoms with E-state index in [2.05, 4.69) is 213 Å². The maximum Gasteiger partial charge on any atom is 0.135 e. The Morgan fingerprint density at radius 1 is 0.613 bits per heavy atom. The fraction of sp³-hybridized carbons (Fsp3) is 0.127. The third-order valence-electron chi connectivity index (χ3n) is 12.0. The Morgan fingerprint density at radius 2 is 1.24 bits per heavy atom. The molecule has 0 N–H and O–H groups in total. The quantitative estimate of drug-likeness (QED) is 0.156. The molecule has 0 radical (unpaired) electrons. The number of hydrogen-bond acceptors (Lipinski definition) is 4. The summed E-state index contributed by atoms with van der Waals surface area (Å²) in [6.45, 7) is 15.4. The van der Waals surface area contributed by atoms with Gasteiger partial charge in [-0.3, -0.25) is 0 Å². The molecule has 0 spiro atoms. The minimum absolute atomic E-state index is 0. The molecule has 10 aromatic rings. The third-order valence-corrected chi connectivity index (χ3v) is 12.0. The van der Waals surface area contributed by atoms with Crippen molar-refractivity contribution in [1.29, 1.82) is 0 Å². The van der Waals surface area contributed by atoms with Gasteiger partial charge in [0.05, 0.1) is 0 Å². The Labute approximate surface area is 376 Å². The molecule has 0 saturated carbocycles. The molecule has 0 atom stereocenters. The van der Waals surface area contributed by atoms with Gasteiger partial charge in [0.15, 0.2) is 0 Å². The number of aryl methyl sites for hydroxylation is 3. The van der Waals surface area contributed by atoms with Crippen molar-refractivity contribution in [2.75, 3.05) is 9.80 Å². The normalized spacial score (nSPS) is 12.7. The smallest absolute Gasteiger partial charge is 0.135 e. The van der Waals surface area contributed by atoms with E-state index < -0.39 is 0 Å². The van der Waals surface area contributed by atoms with E-state index in [0.29, 0.717) is 11.5 Å². The Morgan fingerprint density at radius 3 is 1.95 bits per heavy atom. The molecule has 0 amide bonds. The maximum absolute atomic E-state index is 7.19. The number of pyridine rings is 1. The molecule has 1 aliphatic heterocycles. The molecular weight excluding hydrogens is 942 g/mol. The molecule has 0 bridgehead atoms. The van der Waals surface area contributed by atoms with Crippen LogP contribution in [0.4, 0.5) is 22.7 Å². The summed E-state index contributed by atoms with van der Waals surface area (Å²) < 4.78 is 11.8. The average Bonchev–Trinajstić information content (AvgIpc) is 3.92. The van der Waals surface area contributed by atoms with Gasteiger partial charge in [-0.2, -0.15) is 6.07 Å². The number of hydrogen-bond donors (Lipinski definition) is 0. The van der Waals surface area contributed by atoms with Gasteiger partial charge in [-0.1, -0.05) is 121 Å². The van der Waals surface area contributed by atoms with Gasteiger partial charge in [-0.05, 0) is 108 Å². The Bertz CT molecular complexity index is 3330. The van der Waals surface area contributed by atoms with Gasteiger partial charge < -0.3 is 23.7 Å². The van der Waals surface area contributed by atoms with E-state index >= 15 is 0 Å². The van der Waals surface area contributed by atoms with E-state index in [1.165, 1.54) is 27.9 Å². The molecule has 0 saturated heterocycles. The second kappa shape index (κ2) is 15.1. The van der Waals surface area contributed by atoms with Crippen LogP contribution in [0.25, 0.3) is 55.1 Å². The SMILES string of the molecule is Cc1cc(C)c(N2[CH-]N(c3[c-]c(Oc4[c-]c5c(c6ccccc6n5-c5cc(C(C)(C)C)ccn5)c5c6ccccc6n(-c6ccccc6)c45)ccc3)c3ccccc32)c(C)c1.[Pt]. The van der Waals surface area contributed by atoms with Crippen LogP contribution in [0.5, 0.6) is 11.5 Å². The Balaban J connectivity index is 0.00000458. The number of rotatable bonds is 6. The van der Waals surface area contributed by atoms with Crippen molar-refractivity contribution in [2.24, 2.45) is 0 Å². The monoisotopic (exact) mass is 985 g/mol. The number of nitrogens with zero attached hydrogens (tertiary/aromatic N) is 5. The maximum atomic E-state index is 7.19. The first-order valence-electron chi connectivity index (χ1n) is 20.9. The molecule has 4 heterocycles. The van der Waals surface area contributed by atoms with Crippen LogP contribution in [0.2, 0.25) is 0 Å². The van der Waals surface area contributed by atoms with Crippen molar-refractivity contribution in [3.8, 4) is 23.0 Å². The summed E-state index contributed by atoms with van der Waals surface area (Å²) in [5, 5.41) is 4.47. The summed E-state index contributed by atoms with van der Waals surface area (Å²) in [5.74, 6) is 2.03. The van der Waals surface area contributed by atoms with Crippen LogP contribution < -0.4 is 14.5 Å². The zero-order valence-corrected chi connectivity index (χ0v) is 37.7.